The van der Waals surface area contributed by atoms with Crippen molar-refractivity contribution in [2.24, 2.45) is 5.10 Å². The van der Waals surface area contributed by atoms with Gasteiger partial charge in [0.05, 0.1) is 26.0 Å². The van der Waals surface area contributed by atoms with Gasteiger partial charge in [-0.3, -0.25) is 4.79 Å². The highest BCUT2D eigenvalue weighted by molar-refractivity contribution is 6.39. The van der Waals surface area contributed by atoms with Gasteiger partial charge in [-0.1, -0.05) is 6.08 Å². The lowest BCUT2D eigenvalue weighted by atomic mass is 10.1. The number of carbonyl (C=O) groups excluding carboxylic acids is 2. The maximum Gasteiger partial charge on any atom is 0.271 e. The zero-order valence-corrected chi connectivity index (χ0v) is 14.0. The fourth-order valence-corrected chi connectivity index (χ4v) is 2.29. The fraction of sp³-hybridized carbons (Fsp3) is 0.375. The summed E-state index contributed by atoms with van der Waals surface area (Å²) < 4.78 is 5.13. The minimum Gasteiger partial charge on any atom is -0.481 e. The molecule has 2 rings (SSSR count). The number of aldehydes is 1. The zero-order chi connectivity index (χ0) is 17.5. The summed E-state index contributed by atoms with van der Waals surface area (Å²) in [5.74, 6) is 0.193. The second-order valence-corrected chi connectivity index (χ2v) is 5.17. The van der Waals surface area contributed by atoms with E-state index < -0.39 is 0 Å². The van der Waals surface area contributed by atoms with Gasteiger partial charge in [-0.25, -0.2) is 9.99 Å². The van der Waals surface area contributed by atoms with E-state index in [4.69, 9.17) is 4.74 Å². The number of hydrogen-bond donors (Lipinski definition) is 1. The minimum absolute atomic E-state index is 0.0183. The first-order chi connectivity index (χ1) is 11.6. The van der Waals surface area contributed by atoms with Crippen molar-refractivity contribution in [1.29, 1.82) is 0 Å². The van der Waals surface area contributed by atoms with Crippen molar-refractivity contribution in [3.05, 3.63) is 30.1 Å². The molecule has 0 fully saturated rings. The number of nitrogens with zero attached hydrogens (tertiary/aromatic N) is 4. The Morgan fingerprint density at radius 2 is 2.33 bits per heavy atom. The van der Waals surface area contributed by atoms with Crippen LogP contribution in [0.4, 0.5) is 5.69 Å². The molecule has 0 bridgehead atoms. The normalized spacial score (nSPS) is 13.9. The van der Waals surface area contributed by atoms with E-state index >= 15 is 0 Å². The number of anilines is 1. The molecular weight excluding hydrogens is 310 g/mol. The van der Waals surface area contributed by atoms with Crippen molar-refractivity contribution < 1.29 is 14.3 Å². The number of rotatable bonds is 7. The Kier molecular flexibility index (Phi) is 6.02. The van der Waals surface area contributed by atoms with Crippen molar-refractivity contribution in [2.75, 3.05) is 32.4 Å². The lowest BCUT2D eigenvalue weighted by molar-refractivity contribution is -0.127. The summed E-state index contributed by atoms with van der Waals surface area (Å²) in [6, 6.07) is 3.53. The van der Waals surface area contributed by atoms with E-state index in [-0.39, 0.29) is 19.1 Å². The molecule has 0 aromatic carbocycles. The number of nitrogens with one attached hydrogen (secondary N) is 1. The first kappa shape index (κ1) is 17.6. The van der Waals surface area contributed by atoms with Crippen LogP contribution >= 0.6 is 0 Å². The van der Waals surface area contributed by atoms with Crippen molar-refractivity contribution in [3.8, 4) is 5.88 Å². The smallest absolute Gasteiger partial charge is 0.271 e. The maximum absolute atomic E-state index is 12.6. The van der Waals surface area contributed by atoms with Crippen LogP contribution in [0.1, 0.15) is 13.3 Å². The van der Waals surface area contributed by atoms with Crippen LogP contribution in [-0.2, 0) is 9.59 Å². The minimum atomic E-state index is -0.272. The Labute approximate surface area is 140 Å². The second kappa shape index (κ2) is 8.21. The summed E-state index contributed by atoms with van der Waals surface area (Å²) in [6.07, 6.45) is 4.66. The molecule has 1 aromatic heterocycles. The van der Waals surface area contributed by atoms with E-state index in [0.29, 0.717) is 24.3 Å². The summed E-state index contributed by atoms with van der Waals surface area (Å²) in [5.41, 5.74) is 2.01. The predicted molar refractivity (Wildman–Crippen MR) is 90.8 cm³/mol. The number of pyridine rings is 1. The summed E-state index contributed by atoms with van der Waals surface area (Å²) >= 11 is 0. The van der Waals surface area contributed by atoms with Crippen LogP contribution < -0.4 is 15.1 Å². The first-order valence-corrected chi connectivity index (χ1v) is 7.52. The molecule has 8 nitrogen and oxygen atoms in total. The highest BCUT2D eigenvalue weighted by Crippen LogP contribution is 2.25. The molecule has 1 amide bonds. The Balaban J connectivity index is 2.28. The molecule has 0 radical (unpaired) electrons. The highest BCUT2D eigenvalue weighted by atomic mass is 16.5. The lowest BCUT2D eigenvalue weighted by Crippen LogP contribution is -2.43. The van der Waals surface area contributed by atoms with Crippen LogP contribution in [-0.4, -0.2) is 55.2 Å². The Morgan fingerprint density at radius 3 is 3.00 bits per heavy atom. The summed E-state index contributed by atoms with van der Waals surface area (Å²) in [7, 11) is 3.26. The second-order valence-electron chi connectivity index (χ2n) is 5.17. The van der Waals surface area contributed by atoms with Gasteiger partial charge >= 0.3 is 0 Å². The number of amides is 1. The fourth-order valence-electron chi connectivity index (χ4n) is 2.29. The topological polar surface area (TPSA) is 87.1 Å². The Hall–Kier alpha value is -2.74. The highest BCUT2D eigenvalue weighted by Gasteiger charge is 2.23. The summed E-state index contributed by atoms with van der Waals surface area (Å²) in [5, 5.41) is 9.00. The van der Waals surface area contributed by atoms with Crippen LogP contribution in [0.25, 0.3) is 0 Å². The molecule has 0 atom stereocenters. The molecule has 2 heterocycles. The Bertz CT molecular complexity index is 671. The largest absolute Gasteiger partial charge is 0.481 e. The number of allylic oxidation sites excluding steroid dienone is 2. The molecule has 0 saturated carbocycles. The molecule has 24 heavy (non-hydrogen) atoms. The molecule has 8 heteroatoms. The Morgan fingerprint density at radius 1 is 1.54 bits per heavy atom. The molecule has 0 unspecified atom stereocenters. The van der Waals surface area contributed by atoms with Gasteiger partial charge in [0.25, 0.3) is 5.91 Å². The number of carbonyl (C=O) groups is 2. The molecule has 1 N–H and O–H groups in total. The predicted octanol–water partition coefficient (Wildman–Crippen LogP) is 0.764. The zero-order valence-electron chi connectivity index (χ0n) is 14.0. The standard InChI is InChI=1S/C16H21N5O3/c1-12-4-5-14(16(23)20(8-9-22)11-17-2)19-21(12)13-6-7-18-15(10-13)24-3/h4,6-7,9-10,17H,5,8,11H2,1-3H3. The third-order valence-electron chi connectivity index (χ3n) is 3.50. The number of ether oxygens (including phenoxy) is 1. The van der Waals surface area contributed by atoms with Gasteiger partial charge < -0.3 is 19.7 Å². The quantitative estimate of drug-likeness (QED) is 0.586. The number of methoxy groups -OCH3 is 1. The van der Waals surface area contributed by atoms with Crippen molar-refractivity contribution in [1.82, 2.24) is 15.2 Å². The third-order valence-corrected chi connectivity index (χ3v) is 3.50. The lowest BCUT2D eigenvalue weighted by Gasteiger charge is -2.27. The average molecular weight is 331 g/mol. The van der Waals surface area contributed by atoms with Crippen LogP contribution in [0, 0.1) is 0 Å². The van der Waals surface area contributed by atoms with E-state index in [0.717, 1.165) is 11.4 Å². The molecule has 0 saturated heterocycles. The number of aromatic nitrogens is 1. The molecular formula is C16H21N5O3. The van der Waals surface area contributed by atoms with Gasteiger partial charge in [0.2, 0.25) is 5.88 Å². The van der Waals surface area contributed by atoms with E-state index in [2.05, 4.69) is 15.4 Å². The van der Waals surface area contributed by atoms with Gasteiger partial charge in [-0.15, -0.1) is 0 Å². The molecule has 128 valence electrons. The first-order valence-electron chi connectivity index (χ1n) is 7.52. The van der Waals surface area contributed by atoms with Crippen molar-refractivity contribution >= 4 is 23.6 Å². The van der Waals surface area contributed by atoms with E-state index in [1.54, 1.807) is 30.4 Å². The number of hydrazone groups is 1. The number of hydrogen-bond acceptors (Lipinski definition) is 7. The van der Waals surface area contributed by atoms with Crippen LogP contribution in [0.2, 0.25) is 0 Å². The summed E-state index contributed by atoms with van der Waals surface area (Å²) in [4.78, 5) is 28.8. The molecule has 0 aliphatic carbocycles. The van der Waals surface area contributed by atoms with E-state index in [9.17, 15) is 9.59 Å². The molecule has 1 aliphatic heterocycles. The molecule has 1 aliphatic rings. The van der Waals surface area contributed by atoms with Gasteiger partial charge in [-0.05, 0) is 20.0 Å². The average Bonchev–Trinajstić information content (AvgIpc) is 2.61. The van der Waals surface area contributed by atoms with E-state index in [1.165, 1.54) is 12.0 Å². The van der Waals surface area contributed by atoms with Gasteiger partial charge in [0.1, 0.15) is 12.0 Å². The van der Waals surface area contributed by atoms with Gasteiger partial charge in [0.15, 0.2) is 0 Å². The third kappa shape index (κ3) is 3.96. The van der Waals surface area contributed by atoms with Gasteiger partial charge in [-0.2, -0.15) is 5.10 Å². The molecule has 1 aromatic rings. The monoisotopic (exact) mass is 331 g/mol. The van der Waals surface area contributed by atoms with Crippen LogP contribution in [0.3, 0.4) is 0 Å². The SMILES string of the molecule is CNCN(CC=O)C(=O)C1=NN(c2ccnc(OC)c2)C(C)=CC1. The van der Waals surface area contributed by atoms with Crippen LogP contribution in [0.15, 0.2) is 35.2 Å². The van der Waals surface area contributed by atoms with Crippen molar-refractivity contribution in [3.63, 3.8) is 0 Å². The summed E-state index contributed by atoms with van der Waals surface area (Å²) in [6.45, 7) is 2.21. The van der Waals surface area contributed by atoms with E-state index in [1.807, 2.05) is 13.0 Å². The molecule has 0 spiro atoms. The van der Waals surface area contributed by atoms with Crippen LogP contribution in [0.5, 0.6) is 5.88 Å². The van der Waals surface area contributed by atoms with Crippen molar-refractivity contribution in [2.45, 2.75) is 13.3 Å². The van der Waals surface area contributed by atoms with Gasteiger partial charge in [0, 0.05) is 24.4 Å². The maximum atomic E-state index is 12.6.